The van der Waals surface area contributed by atoms with Crippen molar-refractivity contribution in [2.75, 3.05) is 13.3 Å². The second-order valence-corrected chi connectivity index (χ2v) is 5.51. The monoisotopic (exact) mass is 306 g/mol. The standard InChI is InChI=1S/C12H25FO4S.Na/c13-11-9-7-5-3-1-2-4-6-8-10-12-17-18(14,15)16;/h1-12H2,(H,14,15,16);/q;+1/p-1. The van der Waals surface area contributed by atoms with Crippen LogP contribution in [0.25, 0.3) is 0 Å². The van der Waals surface area contributed by atoms with Crippen LogP contribution in [0.5, 0.6) is 0 Å². The minimum absolute atomic E-state index is 0. The van der Waals surface area contributed by atoms with Crippen molar-refractivity contribution >= 4 is 10.4 Å². The number of halogens is 1. The Hall–Kier alpha value is 0.800. The van der Waals surface area contributed by atoms with Crippen molar-refractivity contribution in [2.24, 2.45) is 0 Å². The fourth-order valence-corrected chi connectivity index (χ4v) is 2.09. The molecule has 0 amide bonds. The first-order valence-electron chi connectivity index (χ1n) is 6.72. The molecule has 110 valence electrons. The summed E-state index contributed by atoms with van der Waals surface area (Å²) in [6.07, 6.45) is 9.93. The van der Waals surface area contributed by atoms with Crippen LogP contribution in [0.2, 0.25) is 0 Å². The summed E-state index contributed by atoms with van der Waals surface area (Å²) in [6.45, 7) is -0.212. The molecule has 0 aliphatic heterocycles. The van der Waals surface area contributed by atoms with Crippen LogP contribution in [-0.2, 0) is 14.6 Å². The zero-order valence-electron chi connectivity index (χ0n) is 11.9. The third-order valence-corrected chi connectivity index (χ3v) is 3.21. The van der Waals surface area contributed by atoms with E-state index in [0.717, 1.165) is 44.9 Å². The number of hydrogen-bond acceptors (Lipinski definition) is 4. The molecule has 0 spiro atoms. The van der Waals surface area contributed by atoms with Crippen molar-refractivity contribution in [3.63, 3.8) is 0 Å². The fourth-order valence-electron chi connectivity index (χ4n) is 1.77. The summed E-state index contributed by atoms with van der Waals surface area (Å²) >= 11 is 0. The largest absolute Gasteiger partial charge is 1.00 e. The molecule has 0 saturated carbocycles. The number of unbranched alkanes of at least 4 members (excludes halogenated alkanes) is 9. The maximum atomic E-state index is 11.8. The molecule has 0 unspecified atom stereocenters. The molecule has 0 bridgehead atoms. The molecule has 0 N–H and O–H groups in total. The maximum absolute atomic E-state index is 11.8. The first-order valence-corrected chi connectivity index (χ1v) is 8.06. The molecule has 0 aliphatic rings. The topological polar surface area (TPSA) is 66.4 Å². The number of alkyl halides is 1. The van der Waals surface area contributed by atoms with E-state index >= 15 is 0 Å². The van der Waals surface area contributed by atoms with Gasteiger partial charge in [-0.3, -0.25) is 8.57 Å². The second-order valence-electron chi connectivity index (χ2n) is 4.45. The van der Waals surface area contributed by atoms with Crippen LogP contribution in [0.4, 0.5) is 4.39 Å². The van der Waals surface area contributed by atoms with Gasteiger partial charge in [0.2, 0.25) is 10.4 Å². The average molecular weight is 306 g/mol. The Labute approximate surface area is 138 Å². The second kappa shape index (κ2) is 15.2. The Morgan fingerprint density at radius 1 is 0.789 bits per heavy atom. The van der Waals surface area contributed by atoms with Gasteiger partial charge in [-0.05, 0) is 12.8 Å². The van der Waals surface area contributed by atoms with E-state index in [-0.39, 0.29) is 42.8 Å². The van der Waals surface area contributed by atoms with Crippen LogP contribution in [0.1, 0.15) is 64.2 Å². The SMILES string of the molecule is O=S(=O)([O-])OCCCCCCCCCCCCF.[Na+]. The first-order chi connectivity index (χ1) is 8.56. The van der Waals surface area contributed by atoms with E-state index in [9.17, 15) is 17.4 Å². The molecule has 19 heavy (non-hydrogen) atoms. The van der Waals surface area contributed by atoms with E-state index in [1.54, 1.807) is 0 Å². The zero-order chi connectivity index (χ0) is 13.7. The van der Waals surface area contributed by atoms with Gasteiger partial charge in [-0.2, -0.15) is 0 Å². The molecule has 0 rings (SSSR count). The molecule has 0 aromatic rings. The van der Waals surface area contributed by atoms with E-state index in [4.69, 9.17) is 0 Å². The Morgan fingerprint density at radius 3 is 1.53 bits per heavy atom. The molecule has 4 nitrogen and oxygen atoms in total. The Kier molecular flexibility index (Phi) is 17.7. The molecular weight excluding hydrogens is 282 g/mol. The van der Waals surface area contributed by atoms with E-state index in [0.29, 0.717) is 12.8 Å². The van der Waals surface area contributed by atoms with Gasteiger partial charge in [0.1, 0.15) is 0 Å². The van der Waals surface area contributed by atoms with Crippen molar-refractivity contribution in [1.82, 2.24) is 0 Å². The number of hydrogen-bond donors (Lipinski definition) is 0. The van der Waals surface area contributed by atoms with Gasteiger partial charge in [0.05, 0.1) is 13.3 Å². The minimum Gasteiger partial charge on any atom is -0.726 e. The molecule has 0 aromatic heterocycles. The quantitative estimate of drug-likeness (QED) is 0.213. The summed E-state index contributed by atoms with van der Waals surface area (Å²) in [5, 5.41) is 0. The van der Waals surface area contributed by atoms with E-state index in [1.807, 2.05) is 0 Å². The van der Waals surface area contributed by atoms with Crippen molar-refractivity contribution in [3.05, 3.63) is 0 Å². The molecule has 7 heteroatoms. The van der Waals surface area contributed by atoms with Gasteiger partial charge in [0, 0.05) is 0 Å². The smallest absolute Gasteiger partial charge is 0.726 e. The third kappa shape index (κ3) is 21.3. The molecule has 0 aromatic carbocycles. The Morgan fingerprint density at radius 2 is 1.16 bits per heavy atom. The summed E-state index contributed by atoms with van der Waals surface area (Å²) < 4.78 is 46.2. The zero-order valence-corrected chi connectivity index (χ0v) is 14.7. The summed E-state index contributed by atoms with van der Waals surface area (Å²) in [6, 6.07) is 0. The first kappa shape index (κ1) is 22.1. The molecule has 0 fully saturated rings. The molecule has 0 saturated heterocycles. The Balaban J connectivity index is 0. The summed E-state index contributed by atoms with van der Waals surface area (Å²) in [7, 11) is -4.51. The predicted octanol–water partition coefficient (Wildman–Crippen LogP) is 0.338. The van der Waals surface area contributed by atoms with Gasteiger partial charge in [0.15, 0.2) is 0 Å². The average Bonchev–Trinajstić information content (AvgIpc) is 2.29. The van der Waals surface area contributed by atoms with E-state index in [1.165, 1.54) is 6.42 Å². The van der Waals surface area contributed by atoms with Gasteiger partial charge in [-0.1, -0.05) is 51.4 Å². The molecule has 0 radical (unpaired) electrons. The summed E-state index contributed by atoms with van der Waals surface area (Å²) in [4.78, 5) is 0. The van der Waals surface area contributed by atoms with Crippen molar-refractivity contribution < 1.29 is 51.1 Å². The van der Waals surface area contributed by atoms with Gasteiger partial charge < -0.3 is 4.55 Å². The molecule has 0 heterocycles. The normalized spacial score (nSPS) is 11.3. The number of rotatable bonds is 13. The van der Waals surface area contributed by atoms with Gasteiger partial charge in [-0.15, -0.1) is 0 Å². The van der Waals surface area contributed by atoms with Gasteiger partial charge >= 0.3 is 29.6 Å². The van der Waals surface area contributed by atoms with Crippen molar-refractivity contribution in [1.29, 1.82) is 0 Å². The summed E-state index contributed by atoms with van der Waals surface area (Å²) in [5.41, 5.74) is 0. The van der Waals surface area contributed by atoms with Gasteiger partial charge in [0.25, 0.3) is 0 Å². The van der Waals surface area contributed by atoms with Crippen LogP contribution in [0.3, 0.4) is 0 Å². The Bertz CT molecular complexity index is 273. The third-order valence-electron chi connectivity index (χ3n) is 2.76. The van der Waals surface area contributed by atoms with Gasteiger partial charge in [-0.25, -0.2) is 8.42 Å². The maximum Gasteiger partial charge on any atom is 1.00 e. The minimum atomic E-state index is -4.51. The van der Waals surface area contributed by atoms with E-state index in [2.05, 4.69) is 4.18 Å². The van der Waals surface area contributed by atoms with Crippen LogP contribution >= 0.6 is 0 Å². The molecular formula is C12H24FNaO4S. The summed E-state index contributed by atoms with van der Waals surface area (Å²) in [5.74, 6) is 0. The molecule has 0 aliphatic carbocycles. The van der Waals surface area contributed by atoms with Crippen LogP contribution in [0, 0.1) is 0 Å². The van der Waals surface area contributed by atoms with Crippen LogP contribution in [0.15, 0.2) is 0 Å². The van der Waals surface area contributed by atoms with Crippen molar-refractivity contribution in [2.45, 2.75) is 64.2 Å². The van der Waals surface area contributed by atoms with Crippen LogP contribution in [-0.4, -0.2) is 26.3 Å². The predicted molar refractivity (Wildman–Crippen MR) is 67.8 cm³/mol. The van der Waals surface area contributed by atoms with E-state index < -0.39 is 10.4 Å². The molecule has 0 atom stereocenters. The van der Waals surface area contributed by atoms with Crippen molar-refractivity contribution in [3.8, 4) is 0 Å². The fraction of sp³-hybridized carbons (Fsp3) is 1.00. The van der Waals surface area contributed by atoms with Crippen LogP contribution < -0.4 is 29.6 Å².